The average Bonchev–Trinajstić information content (AvgIpc) is 2.77. The van der Waals surface area contributed by atoms with Gasteiger partial charge in [0.05, 0.1) is 17.6 Å². The van der Waals surface area contributed by atoms with Crippen LogP contribution in [0.3, 0.4) is 0 Å². The number of hydrogen-bond donors (Lipinski definition) is 1. The summed E-state index contributed by atoms with van der Waals surface area (Å²) in [5.74, 6) is 0. The van der Waals surface area contributed by atoms with E-state index in [4.69, 9.17) is 5.73 Å². The highest BCUT2D eigenvalue weighted by Gasteiger charge is 2.29. The van der Waals surface area contributed by atoms with Gasteiger partial charge in [-0.3, -0.25) is 0 Å². The summed E-state index contributed by atoms with van der Waals surface area (Å²) in [4.78, 5) is 4.16. The van der Waals surface area contributed by atoms with E-state index in [9.17, 15) is 13.2 Å². The molecule has 0 fully saturated rings. The summed E-state index contributed by atoms with van der Waals surface area (Å²) < 4.78 is 39.0. The summed E-state index contributed by atoms with van der Waals surface area (Å²) in [7, 11) is 0. The van der Waals surface area contributed by atoms with Crippen LogP contribution in [-0.2, 0) is 19.1 Å². The van der Waals surface area contributed by atoms with Crippen molar-refractivity contribution >= 4 is 0 Å². The molecule has 102 valence electrons. The molecule has 2 aromatic rings. The fourth-order valence-electron chi connectivity index (χ4n) is 1.78. The minimum atomic E-state index is -4.29. The molecule has 0 spiro atoms. The Hall–Kier alpha value is -1.82. The summed E-state index contributed by atoms with van der Waals surface area (Å²) >= 11 is 0. The number of hydrogen-bond acceptors (Lipinski definition) is 2. The van der Waals surface area contributed by atoms with E-state index in [1.807, 2.05) is 10.8 Å². The molecule has 1 heterocycles. The zero-order valence-corrected chi connectivity index (χ0v) is 10.2. The smallest absolute Gasteiger partial charge is 0.333 e. The Labute approximate surface area is 108 Å². The average molecular weight is 269 g/mol. The third-order valence-electron chi connectivity index (χ3n) is 2.73. The number of rotatable bonds is 4. The topological polar surface area (TPSA) is 43.8 Å². The highest BCUT2D eigenvalue weighted by atomic mass is 19.4. The number of benzene rings is 1. The minimum Gasteiger partial charge on any atom is -0.333 e. The standard InChI is InChI=1S/C13H14F3N3/c14-13(15,16)11-3-1-10(2-4-11)7-19-8-12(5-6-17)18-9-19/h1-4,8-9H,5-7,17H2. The Kier molecular flexibility index (Phi) is 3.90. The Morgan fingerprint density at radius 2 is 1.84 bits per heavy atom. The molecule has 3 nitrogen and oxygen atoms in total. The lowest BCUT2D eigenvalue weighted by molar-refractivity contribution is -0.137. The molecule has 19 heavy (non-hydrogen) atoms. The van der Waals surface area contributed by atoms with Crippen LogP contribution in [0.5, 0.6) is 0 Å². The highest BCUT2D eigenvalue weighted by molar-refractivity contribution is 5.24. The molecule has 0 aliphatic carbocycles. The third kappa shape index (κ3) is 3.57. The fourth-order valence-corrected chi connectivity index (χ4v) is 1.78. The van der Waals surface area contributed by atoms with Gasteiger partial charge in [-0.15, -0.1) is 0 Å². The van der Waals surface area contributed by atoms with Crippen LogP contribution in [0.25, 0.3) is 0 Å². The molecule has 0 amide bonds. The number of halogens is 3. The largest absolute Gasteiger partial charge is 0.416 e. The van der Waals surface area contributed by atoms with Crippen LogP contribution in [0, 0.1) is 0 Å². The van der Waals surface area contributed by atoms with Gasteiger partial charge in [0, 0.05) is 19.2 Å². The Balaban J connectivity index is 2.06. The molecular formula is C13H14F3N3. The first-order valence-electron chi connectivity index (χ1n) is 5.86. The zero-order valence-electron chi connectivity index (χ0n) is 10.2. The maximum Gasteiger partial charge on any atom is 0.416 e. The van der Waals surface area contributed by atoms with E-state index < -0.39 is 11.7 Å². The van der Waals surface area contributed by atoms with E-state index in [0.717, 1.165) is 23.4 Å². The first-order chi connectivity index (χ1) is 8.99. The number of imidazole rings is 1. The summed E-state index contributed by atoms with van der Waals surface area (Å²) in [6, 6.07) is 5.14. The molecule has 0 aliphatic heterocycles. The number of nitrogens with two attached hydrogens (primary N) is 1. The lowest BCUT2D eigenvalue weighted by atomic mass is 10.1. The predicted octanol–water partition coefficient (Wildman–Crippen LogP) is 2.45. The first kappa shape index (κ1) is 13.6. The van der Waals surface area contributed by atoms with E-state index >= 15 is 0 Å². The molecule has 1 aromatic heterocycles. The summed E-state index contributed by atoms with van der Waals surface area (Å²) in [5.41, 5.74) is 6.47. The normalized spacial score (nSPS) is 11.8. The van der Waals surface area contributed by atoms with Crippen molar-refractivity contribution in [2.45, 2.75) is 19.1 Å². The molecule has 0 saturated heterocycles. The van der Waals surface area contributed by atoms with Gasteiger partial charge in [-0.1, -0.05) is 12.1 Å². The van der Waals surface area contributed by atoms with Crippen molar-refractivity contribution in [3.8, 4) is 0 Å². The van der Waals surface area contributed by atoms with Gasteiger partial charge in [0.15, 0.2) is 0 Å². The summed E-state index contributed by atoms with van der Waals surface area (Å²) in [6.45, 7) is 1.02. The molecule has 2 rings (SSSR count). The SMILES string of the molecule is NCCc1cn(Cc2ccc(C(F)(F)F)cc2)cn1. The van der Waals surface area contributed by atoms with Crippen molar-refractivity contribution in [1.29, 1.82) is 0 Å². The molecule has 0 aliphatic rings. The Bertz CT molecular complexity index is 529. The van der Waals surface area contributed by atoms with E-state index in [1.54, 1.807) is 6.33 Å². The summed E-state index contributed by atoms with van der Waals surface area (Å²) in [5, 5.41) is 0. The monoisotopic (exact) mass is 269 g/mol. The van der Waals surface area contributed by atoms with Crippen LogP contribution in [0.2, 0.25) is 0 Å². The molecule has 0 unspecified atom stereocenters. The van der Waals surface area contributed by atoms with Crippen LogP contribution in [-0.4, -0.2) is 16.1 Å². The number of nitrogens with zero attached hydrogens (tertiary/aromatic N) is 2. The second kappa shape index (κ2) is 5.44. The van der Waals surface area contributed by atoms with E-state index in [1.165, 1.54) is 12.1 Å². The van der Waals surface area contributed by atoms with E-state index in [-0.39, 0.29) is 0 Å². The third-order valence-corrected chi connectivity index (χ3v) is 2.73. The molecular weight excluding hydrogens is 255 g/mol. The molecule has 2 N–H and O–H groups in total. The second-order valence-corrected chi connectivity index (χ2v) is 4.27. The van der Waals surface area contributed by atoms with Gasteiger partial charge in [-0.25, -0.2) is 4.98 Å². The van der Waals surface area contributed by atoms with Gasteiger partial charge in [0.25, 0.3) is 0 Å². The minimum absolute atomic E-state index is 0.496. The highest BCUT2D eigenvalue weighted by Crippen LogP contribution is 2.29. The van der Waals surface area contributed by atoms with Crippen LogP contribution >= 0.6 is 0 Å². The molecule has 0 saturated carbocycles. The maximum absolute atomic E-state index is 12.4. The maximum atomic E-state index is 12.4. The van der Waals surface area contributed by atoms with Crippen LogP contribution in [0.1, 0.15) is 16.8 Å². The van der Waals surface area contributed by atoms with Crippen molar-refractivity contribution in [2.75, 3.05) is 6.54 Å². The van der Waals surface area contributed by atoms with Gasteiger partial charge in [-0.05, 0) is 24.2 Å². The predicted molar refractivity (Wildman–Crippen MR) is 65.5 cm³/mol. The first-order valence-corrected chi connectivity index (χ1v) is 5.86. The van der Waals surface area contributed by atoms with Crippen molar-refractivity contribution in [1.82, 2.24) is 9.55 Å². The van der Waals surface area contributed by atoms with Crippen molar-refractivity contribution in [3.63, 3.8) is 0 Å². The summed E-state index contributed by atoms with van der Waals surface area (Å²) in [6.07, 6.45) is -0.0883. The van der Waals surface area contributed by atoms with Crippen molar-refractivity contribution in [2.24, 2.45) is 5.73 Å². The zero-order chi connectivity index (χ0) is 13.9. The van der Waals surface area contributed by atoms with Crippen LogP contribution in [0.15, 0.2) is 36.8 Å². The fraction of sp³-hybridized carbons (Fsp3) is 0.308. The van der Waals surface area contributed by atoms with Gasteiger partial charge in [0.2, 0.25) is 0 Å². The lowest BCUT2D eigenvalue weighted by Gasteiger charge is -2.07. The quantitative estimate of drug-likeness (QED) is 0.926. The molecule has 0 atom stereocenters. The van der Waals surface area contributed by atoms with Gasteiger partial charge >= 0.3 is 6.18 Å². The number of alkyl halides is 3. The van der Waals surface area contributed by atoms with Crippen LogP contribution < -0.4 is 5.73 Å². The Morgan fingerprint density at radius 1 is 1.16 bits per heavy atom. The lowest BCUT2D eigenvalue weighted by Crippen LogP contribution is -2.05. The van der Waals surface area contributed by atoms with Gasteiger partial charge in [-0.2, -0.15) is 13.2 Å². The molecule has 0 radical (unpaired) electrons. The molecule has 6 heteroatoms. The van der Waals surface area contributed by atoms with E-state index in [2.05, 4.69) is 4.98 Å². The van der Waals surface area contributed by atoms with E-state index in [0.29, 0.717) is 19.5 Å². The van der Waals surface area contributed by atoms with Crippen LogP contribution in [0.4, 0.5) is 13.2 Å². The van der Waals surface area contributed by atoms with Gasteiger partial charge < -0.3 is 10.3 Å². The second-order valence-electron chi connectivity index (χ2n) is 4.27. The Morgan fingerprint density at radius 3 is 2.42 bits per heavy atom. The molecule has 1 aromatic carbocycles. The van der Waals surface area contributed by atoms with Crippen molar-refractivity contribution < 1.29 is 13.2 Å². The number of aromatic nitrogens is 2. The molecule has 0 bridgehead atoms. The van der Waals surface area contributed by atoms with Crippen molar-refractivity contribution in [3.05, 3.63) is 53.6 Å². The van der Waals surface area contributed by atoms with Gasteiger partial charge in [0.1, 0.15) is 0 Å².